The molecule has 7 aromatic heterocycles. The van der Waals surface area contributed by atoms with Gasteiger partial charge in [0.2, 0.25) is 11.5 Å². The van der Waals surface area contributed by atoms with Gasteiger partial charge in [-0.1, -0.05) is 109 Å². The second-order valence-corrected chi connectivity index (χ2v) is 32.2. The Kier molecular flexibility index (Phi) is 30.7. The number of hydrogen-bond donors (Lipinski definition) is 7. The van der Waals surface area contributed by atoms with Crippen molar-refractivity contribution in [2.24, 2.45) is 7.05 Å². The van der Waals surface area contributed by atoms with Crippen molar-refractivity contribution in [1.82, 2.24) is 24.7 Å². The fraction of sp³-hybridized carbons (Fsp3) is 0.0481. The van der Waals surface area contributed by atoms with Gasteiger partial charge in [0.15, 0.2) is 90.1 Å². The maximum atomic E-state index is 13.7. The molecule has 7 heterocycles. The molecule has 35 heteroatoms. The highest BCUT2D eigenvalue weighted by molar-refractivity contribution is 7.17. The van der Waals surface area contributed by atoms with Crippen LogP contribution in [0.3, 0.4) is 0 Å². The van der Waals surface area contributed by atoms with Gasteiger partial charge in [0.05, 0.1) is 74.8 Å². The molecule has 0 unspecified atom stereocenters. The lowest BCUT2D eigenvalue weighted by Crippen LogP contribution is -2.07. The van der Waals surface area contributed by atoms with Gasteiger partial charge in [-0.3, -0.25) is 73.4 Å². The summed E-state index contributed by atoms with van der Waals surface area (Å²) in [6.07, 6.45) is 11.2. The molecule has 0 bridgehead atoms. The number of aryl methyl sites for hydroxylation is 2. The van der Waals surface area contributed by atoms with Gasteiger partial charge in [0, 0.05) is 137 Å². The first-order chi connectivity index (χ1) is 66.8. The molecule has 12 aromatic carbocycles. The number of furan rings is 1. The van der Waals surface area contributed by atoms with Crippen molar-refractivity contribution >= 4 is 131 Å². The van der Waals surface area contributed by atoms with E-state index >= 15 is 0 Å². The molecule has 19 rings (SSSR count). The van der Waals surface area contributed by atoms with E-state index in [1.165, 1.54) is 91.2 Å². The van der Waals surface area contributed by atoms with Crippen molar-refractivity contribution in [3.8, 4) is 129 Å². The minimum Gasteiger partial charge on any atom is -0.507 e. The highest BCUT2D eigenvalue weighted by Gasteiger charge is 2.36. The lowest BCUT2D eigenvalue weighted by molar-refractivity contribution is -0.386. The summed E-state index contributed by atoms with van der Waals surface area (Å²) in [5, 5.41) is 102. The van der Waals surface area contributed by atoms with Gasteiger partial charge in [-0.2, -0.15) is 18.3 Å². The molecule has 0 aliphatic carbocycles. The number of rotatable bonds is 18. The number of pyridine rings is 3. The first-order valence-electron chi connectivity index (χ1n) is 40.9. The number of nitro benzene ring substituents is 2. The Hall–Kier alpha value is -18.4. The number of benzene rings is 12. The molecule has 0 aliphatic rings. The summed E-state index contributed by atoms with van der Waals surface area (Å²) in [6.45, 7) is 2.02. The Labute approximate surface area is 790 Å². The largest absolute Gasteiger partial charge is 0.507 e. The van der Waals surface area contributed by atoms with Gasteiger partial charge in [-0.05, 0) is 165 Å². The van der Waals surface area contributed by atoms with Crippen molar-refractivity contribution in [3.63, 3.8) is 0 Å². The van der Waals surface area contributed by atoms with Crippen LogP contribution in [0.1, 0.15) is 82.9 Å². The number of alkyl halides is 3. The number of nitro groups is 2. The number of aromatic hydroxyl groups is 7. The van der Waals surface area contributed by atoms with Crippen molar-refractivity contribution in [3.05, 3.63) is 361 Å². The Morgan fingerprint density at radius 1 is 0.396 bits per heavy atom. The van der Waals surface area contributed by atoms with E-state index in [4.69, 9.17) is 13.9 Å². The summed E-state index contributed by atoms with van der Waals surface area (Å²) in [5.41, 5.74) is 5.22. The first kappa shape index (κ1) is 98.1. The van der Waals surface area contributed by atoms with Crippen LogP contribution in [0.25, 0.3) is 131 Å². The summed E-state index contributed by atoms with van der Waals surface area (Å²) in [5.74, 6) is -4.28. The number of halogens is 5. The fourth-order valence-corrected chi connectivity index (χ4v) is 16.3. The van der Waals surface area contributed by atoms with Crippen LogP contribution in [0.4, 0.5) is 33.3 Å². The maximum absolute atomic E-state index is 13.7. The normalized spacial score (nSPS) is 10.7. The number of aldehydes is 7. The first-order valence-corrected chi connectivity index (χ1v) is 42.6. The number of phenolic OH excluding ortho intramolecular Hbond substituents is 7. The Balaban J connectivity index is 0.000000137. The van der Waals surface area contributed by atoms with Crippen LogP contribution in [0.15, 0.2) is 284 Å². The average molecular weight is 1910 g/mol. The molecule has 0 radical (unpaired) electrons. The Bertz CT molecular complexity index is 7930. The molecule has 0 atom stereocenters. The second kappa shape index (κ2) is 43.5. The summed E-state index contributed by atoms with van der Waals surface area (Å²) in [6, 6.07) is 62.6. The molecule has 0 aliphatic heterocycles. The molecule has 0 amide bonds. The van der Waals surface area contributed by atoms with Gasteiger partial charge in [0.1, 0.15) is 17.1 Å². The Morgan fingerprint density at radius 3 is 1.21 bits per heavy atom. The van der Waals surface area contributed by atoms with Gasteiger partial charge >= 0.3 is 17.6 Å². The summed E-state index contributed by atoms with van der Waals surface area (Å²) >= 11 is 3.15. The number of methoxy groups -OCH3 is 2. The van der Waals surface area contributed by atoms with Crippen LogP contribution in [-0.2, 0) is 13.2 Å². The predicted molar refractivity (Wildman–Crippen MR) is 514 cm³/mol. The maximum Gasteiger partial charge on any atom is 0.420 e. The standard InChI is InChI=1S/C17H10F3NO2.C16H10FNO2.C16H10N2O4.C16H12O4.C15H9NO4S.C13H12O3S.C11H9FN2O2/c18-17(19,20)15-6-11(5-12(9-22)16(15)23)14-8-21-7-10-3-1-2-4-13(10)14;17-15-6-11(5-12(9-19)16(15)20)14-8-18-7-10-3-1-2-4-13(10)14;19-9-12-5-11(6-15(16(12)20)18(21)22)14-8-17-7-10-3-1-2-4-13(10)14;1-19-15-8-11(6-12(9-17)16(15)18)14-7-10-4-2-3-5-13(10)20-14;17-7-10-5-9(6-13(15(10)18)16(19)20)12-8-21-14-4-2-1-3-11(12)14;1-8-3-4-12(17-8)9-5-10(7-14)13(15)11(6-9)16-2;1-14-5-9(4-13-14)7-2-8(6-15)11(16)10(12)3-7/h1-9,23H;1-9,20H;1-9,20H;2-9,18H,1H3;1-8,18H;3-7,15H,1-2H3;2-6,16H,1H3. The number of hydrogen-bond acceptors (Lipinski definition) is 27. The number of phenols is 7. The van der Waals surface area contributed by atoms with Gasteiger partial charge in [-0.25, -0.2) is 8.78 Å². The number of carbonyl (C=O) groups excluding carboxylic acids is 7. The number of thiophene rings is 2. The molecule has 19 aromatic rings. The SMILES string of the molecule is COc1cc(-c2cc3ccccc3o2)cc(C=O)c1O.COc1cc(-c2ccc(C)s2)cc(C=O)c1O.Cn1cc(-c2cc(F)c(O)c(C=O)c2)cn1.O=Cc1cc(-c2cncc3ccccc23)cc(C(F)(F)F)c1O.O=Cc1cc(-c2cncc3ccccc23)cc(F)c1O.O=Cc1cc(-c2cncc3ccccc23)cc([N+](=O)[O-])c1O.O=Cc1cc(-c2csc3ccccc23)cc([N+](=O)[O-])c1O. The van der Waals surface area contributed by atoms with Crippen LogP contribution in [0.5, 0.6) is 51.7 Å². The third kappa shape index (κ3) is 22.1. The lowest BCUT2D eigenvalue weighted by atomic mass is 9.96. The molecule has 139 heavy (non-hydrogen) atoms. The van der Waals surface area contributed by atoms with Crippen LogP contribution in [0, 0.1) is 38.8 Å². The minimum absolute atomic E-state index is 0.0705. The van der Waals surface area contributed by atoms with Crippen molar-refractivity contribution < 1.29 is 115 Å². The van der Waals surface area contributed by atoms with Crippen molar-refractivity contribution in [2.45, 2.75) is 13.1 Å². The molecule has 28 nitrogen and oxygen atoms in total. The molecule has 7 N–H and O–H groups in total. The lowest BCUT2D eigenvalue weighted by Gasteiger charge is -2.14. The molecular weight excluding hydrogens is 1840 g/mol. The topological polar surface area (TPSA) is 435 Å². The number of ether oxygens (including phenoxy) is 2. The summed E-state index contributed by atoms with van der Waals surface area (Å²) in [7, 11) is 4.64. The Morgan fingerprint density at radius 2 is 0.777 bits per heavy atom. The van der Waals surface area contributed by atoms with E-state index in [9.17, 15) is 111 Å². The van der Waals surface area contributed by atoms with E-state index < -0.39 is 78.9 Å². The molecule has 696 valence electrons. The van der Waals surface area contributed by atoms with Crippen molar-refractivity contribution in [2.75, 3.05) is 14.2 Å². The summed E-state index contributed by atoms with van der Waals surface area (Å²) in [4.78, 5) is 112. The fourth-order valence-electron chi connectivity index (χ4n) is 14.5. The zero-order chi connectivity index (χ0) is 99.6. The number of carbonyl (C=O) groups is 7. The second-order valence-electron chi connectivity index (χ2n) is 30.0. The predicted octanol–water partition coefficient (Wildman–Crippen LogP) is 23.9. The minimum atomic E-state index is -4.77. The summed E-state index contributed by atoms with van der Waals surface area (Å²) < 4.78 is 84.7. The van der Waals surface area contributed by atoms with E-state index in [1.807, 2.05) is 128 Å². The molecule has 0 saturated heterocycles. The van der Waals surface area contributed by atoms with E-state index in [0.29, 0.717) is 105 Å². The monoisotopic (exact) mass is 1910 g/mol. The van der Waals surface area contributed by atoms with Crippen LogP contribution >= 0.6 is 22.7 Å². The van der Waals surface area contributed by atoms with E-state index in [1.54, 1.807) is 115 Å². The number of fused-ring (bicyclic) bond motifs is 5. The number of para-hydroxylation sites is 1. The third-order valence-electron chi connectivity index (χ3n) is 21.3. The van der Waals surface area contributed by atoms with Crippen molar-refractivity contribution in [1.29, 1.82) is 0 Å². The molecular formula is C104H72F5N7O21S2. The smallest absolute Gasteiger partial charge is 0.420 e. The quantitative estimate of drug-likeness (QED) is 0.0181. The zero-order valence-corrected chi connectivity index (χ0v) is 74.4. The van der Waals surface area contributed by atoms with Crippen LogP contribution in [-0.4, -0.2) is 129 Å². The number of nitrogens with zero attached hydrogens (tertiary/aromatic N) is 7. The van der Waals surface area contributed by atoms with Gasteiger partial charge in [0.25, 0.3) is 0 Å². The van der Waals surface area contributed by atoms with Gasteiger partial charge in [-0.15, -0.1) is 22.7 Å². The van der Waals surface area contributed by atoms with E-state index in [-0.39, 0.29) is 62.5 Å². The highest BCUT2D eigenvalue weighted by atomic mass is 32.1. The molecule has 0 saturated carbocycles. The van der Waals surface area contributed by atoms with E-state index in [0.717, 1.165) is 70.1 Å². The van der Waals surface area contributed by atoms with Gasteiger partial charge < -0.3 is 49.6 Å². The highest BCUT2D eigenvalue weighted by Crippen LogP contribution is 2.46. The molecule has 0 fully saturated rings. The number of aromatic nitrogens is 5. The van der Waals surface area contributed by atoms with E-state index in [2.05, 4.69) is 20.1 Å². The van der Waals surface area contributed by atoms with Crippen LogP contribution in [0.2, 0.25) is 0 Å². The van der Waals surface area contributed by atoms with Crippen LogP contribution < -0.4 is 9.47 Å². The average Bonchev–Trinajstić information content (AvgIpc) is 1.52. The third-order valence-corrected chi connectivity index (χ3v) is 23.3. The molecule has 0 spiro atoms. The zero-order valence-electron chi connectivity index (χ0n) is 72.8.